The normalized spacial score (nSPS) is 11.1. The van der Waals surface area contributed by atoms with Crippen LogP contribution in [0, 0.1) is 6.92 Å². The molecule has 0 atom stereocenters. The quantitative estimate of drug-likeness (QED) is 0.294. The number of hydrogen-bond donors (Lipinski definition) is 0. The number of fused-ring (bicyclic) bond motifs is 1. The Kier molecular flexibility index (Phi) is 7.58. The number of nitrogens with zero attached hydrogens (tertiary/aromatic N) is 3. The molecule has 7 heteroatoms. The van der Waals surface area contributed by atoms with Crippen molar-refractivity contribution < 1.29 is 14.3 Å². The van der Waals surface area contributed by atoms with Crippen molar-refractivity contribution in [2.45, 2.75) is 13.3 Å². The van der Waals surface area contributed by atoms with Crippen LogP contribution < -0.4 is 9.64 Å². The fraction of sp³-hybridized carbons (Fsp3) is 0.250. The molecule has 4 aromatic rings. The third-order valence-corrected chi connectivity index (χ3v) is 7.02. The fourth-order valence-corrected chi connectivity index (χ4v) is 4.96. The molecule has 1 heterocycles. The number of hydrogen-bond acceptors (Lipinski definition) is 6. The first-order valence-corrected chi connectivity index (χ1v) is 12.3. The van der Waals surface area contributed by atoms with Crippen molar-refractivity contribution in [3.05, 3.63) is 89.0 Å². The number of aromatic nitrogens is 1. The average molecular weight is 488 g/mol. The molecule has 0 unspecified atom stereocenters. The van der Waals surface area contributed by atoms with Crippen LogP contribution in [-0.2, 0) is 0 Å². The lowest BCUT2D eigenvalue weighted by Crippen LogP contribution is -2.33. The van der Waals surface area contributed by atoms with Gasteiger partial charge >= 0.3 is 0 Å². The average Bonchev–Trinajstić information content (AvgIpc) is 3.33. The Morgan fingerprint density at radius 1 is 0.886 bits per heavy atom. The molecule has 0 saturated carbocycles. The van der Waals surface area contributed by atoms with E-state index in [9.17, 15) is 9.59 Å². The summed E-state index contributed by atoms with van der Waals surface area (Å²) in [6, 6.07) is 19.9. The molecular formula is C28H29N3O3S. The van der Waals surface area contributed by atoms with Crippen LogP contribution in [0.1, 0.15) is 38.3 Å². The summed E-state index contributed by atoms with van der Waals surface area (Å²) in [4.78, 5) is 35.0. The van der Waals surface area contributed by atoms with Crippen molar-refractivity contribution in [3.63, 3.8) is 0 Å². The first-order chi connectivity index (χ1) is 16.9. The van der Waals surface area contributed by atoms with Gasteiger partial charge in [0, 0.05) is 23.2 Å². The van der Waals surface area contributed by atoms with Crippen molar-refractivity contribution in [2.75, 3.05) is 39.2 Å². The predicted octanol–water partition coefficient (Wildman–Crippen LogP) is 5.44. The summed E-state index contributed by atoms with van der Waals surface area (Å²) < 4.78 is 6.52. The smallest absolute Gasteiger partial charge is 0.260 e. The van der Waals surface area contributed by atoms with Gasteiger partial charge in [0.15, 0.2) is 10.9 Å². The van der Waals surface area contributed by atoms with Crippen molar-refractivity contribution in [1.29, 1.82) is 0 Å². The molecule has 1 amide bonds. The molecule has 180 valence electrons. The van der Waals surface area contributed by atoms with Crippen molar-refractivity contribution in [2.24, 2.45) is 0 Å². The minimum Gasteiger partial charge on any atom is -0.494 e. The molecule has 0 spiro atoms. The van der Waals surface area contributed by atoms with Crippen molar-refractivity contribution >= 4 is 38.4 Å². The number of amides is 1. The zero-order chi connectivity index (χ0) is 24.9. The molecule has 0 N–H and O–H groups in total. The van der Waals surface area contributed by atoms with E-state index in [1.54, 1.807) is 48.4 Å². The summed E-state index contributed by atoms with van der Waals surface area (Å²) in [5.74, 6) is 0.483. The molecule has 0 aliphatic carbocycles. The standard InChI is InChI=1S/C28H29N3O3S/c1-19-11-16-23(34-4)24-26(19)35-28(29-24)31(18-8-17-30(2)3)27(33)22-14-12-21(13-15-22)25(32)20-9-6-5-7-10-20/h5-7,9-16H,8,17-18H2,1-4H3. The molecule has 0 fully saturated rings. The Morgan fingerprint density at radius 2 is 1.54 bits per heavy atom. The highest BCUT2D eigenvalue weighted by atomic mass is 32.1. The number of aryl methyl sites for hydroxylation is 1. The molecule has 3 aromatic carbocycles. The summed E-state index contributed by atoms with van der Waals surface area (Å²) >= 11 is 1.49. The summed E-state index contributed by atoms with van der Waals surface area (Å²) in [7, 11) is 5.66. The number of carbonyl (C=O) groups excluding carboxylic acids is 2. The first kappa shape index (κ1) is 24.6. The molecule has 0 aliphatic rings. The summed E-state index contributed by atoms with van der Waals surface area (Å²) in [5, 5.41) is 0.640. The van der Waals surface area contributed by atoms with Crippen LogP contribution in [0.2, 0.25) is 0 Å². The van der Waals surface area contributed by atoms with Crippen LogP contribution >= 0.6 is 11.3 Å². The summed E-state index contributed by atoms with van der Waals surface area (Å²) in [6.07, 6.45) is 0.801. The van der Waals surface area contributed by atoms with E-state index < -0.39 is 0 Å². The lowest BCUT2D eigenvalue weighted by atomic mass is 10.0. The third-order valence-electron chi connectivity index (χ3n) is 5.81. The van der Waals surface area contributed by atoms with Crippen LogP contribution in [0.25, 0.3) is 10.2 Å². The lowest BCUT2D eigenvalue weighted by Gasteiger charge is -2.21. The number of methoxy groups -OCH3 is 1. The maximum absolute atomic E-state index is 13.7. The van der Waals surface area contributed by atoms with Crippen LogP contribution in [-0.4, -0.2) is 55.9 Å². The van der Waals surface area contributed by atoms with Crippen LogP contribution in [0.3, 0.4) is 0 Å². The van der Waals surface area contributed by atoms with E-state index in [1.807, 2.05) is 51.4 Å². The van der Waals surface area contributed by atoms with Crippen LogP contribution in [0.5, 0.6) is 5.75 Å². The molecular weight excluding hydrogens is 458 g/mol. The van der Waals surface area contributed by atoms with E-state index in [-0.39, 0.29) is 11.7 Å². The van der Waals surface area contributed by atoms with E-state index in [0.717, 1.165) is 28.7 Å². The Balaban J connectivity index is 1.65. The highest BCUT2D eigenvalue weighted by Gasteiger charge is 2.23. The first-order valence-electron chi connectivity index (χ1n) is 11.5. The van der Waals surface area contributed by atoms with Gasteiger partial charge in [-0.3, -0.25) is 14.5 Å². The third kappa shape index (κ3) is 5.42. The monoisotopic (exact) mass is 487 g/mol. The Labute approximate surface area is 209 Å². The van der Waals surface area contributed by atoms with Crippen molar-refractivity contribution in [1.82, 2.24) is 9.88 Å². The van der Waals surface area contributed by atoms with Gasteiger partial charge in [-0.25, -0.2) is 4.98 Å². The summed E-state index contributed by atoms with van der Waals surface area (Å²) in [6.45, 7) is 3.41. The topological polar surface area (TPSA) is 62.7 Å². The highest BCUT2D eigenvalue weighted by Crippen LogP contribution is 2.37. The van der Waals surface area contributed by atoms with Gasteiger partial charge < -0.3 is 9.64 Å². The minimum atomic E-state index is -0.141. The highest BCUT2D eigenvalue weighted by molar-refractivity contribution is 7.22. The molecule has 4 rings (SSSR count). The molecule has 0 saturated heterocycles. The van der Waals surface area contributed by atoms with E-state index >= 15 is 0 Å². The number of ether oxygens (including phenoxy) is 1. The Hall–Kier alpha value is -3.55. The molecule has 35 heavy (non-hydrogen) atoms. The number of anilines is 1. The van der Waals surface area contributed by atoms with E-state index in [2.05, 4.69) is 4.90 Å². The maximum Gasteiger partial charge on any atom is 0.260 e. The second-order valence-electron chi connectivity index (χ2n) is 8.65. The molecule has 0 bridgehead atoms. The SMILES string of the molecule is COc1ccc(C)c2sc(N(CCCN(C)C)C(=O)c3ccc(C(=O)c4ccccc4)cc3)nc12. The van der Waals surface area contributed by atoms with E-state index in [0.29, 0.717) is 34.1 Å². The van der Waals surface area contributed by atoms with Crippen LogP contribution in [0.15, 0.2) is 66.7 Å². The minimum absolute atomic E-state index is 0.0684. The summed E-state index contributed by atoms with van der Waals surface area (Å²) in [5.41, 5.74) is 3.54. The molecule has 0 radical (unpaired) electrons. The number of thiazole rings is 1. The largest absolute Gasteiger partial charge is 0.494 e. The fourth-order valence-electron chi connectivity index (χ4n) is 3.88. The van der Waals surface area contributed by atoms with Gasteiger partial charge in [-0.1, -0.05) is 59.9 Å². The predicted molar refractivity (Wildman–Crippen MR) is 142 cm³/mol. The number of ketones is 1. The molecule has 0 aliphatic heterocycles. The Bertz CT molecular complexity index is 1330. The van der Waals surface area contributed by atoms with Crippen LogP contribution in [0.4, 0.5) is 5.13 Å². The van der Waals surface area contributed by atoms with Gasteiger partial charge in [0.05, 0.1) is 11.8 Å². The Morgan fingerprint density at radius 3 is 2.20 bits per heavy atom. The second kappa shape index (κ2) is 10.8. The van der Waals surface area contributed by atoms with Gasteiger partial charge in [-0.15, -0.1) is 0 Å². The lowest BCUT2D eigenvalue weighted by molar-refractivity contribution is 0.0983. The van der Waals surface area contributed by atoms with Crippen molar-refractivity contribution in [3.8, 4) is 5.75 Å². The number of carbonyl (C=O) groups is 2. The second-order valence-corrected chi connectivity index (χ2v) is 9.62. The van der Waals surface area contributed by atoms with E-state index in [4.69, 9.17) is 9.72 Å². The molecule has 1 aromatic heterocycles. The van der Waals surface area contributed by atoms with Gasteiger partial charge in [0.1, 0.15) is 11.3 Å². The van der Waals surface area contributed by atoms with Gasteiger partial charge in [-0.05, 0) is 57.7 Å². The maximum atomic E-state index is 13.7. The zero-order valence-electron chi connectivity index (χ0n) is 20.4. The van der Waals surface area contributed by atoms with Gasteiger partial charge in [0.25, 0.3) is 5.91 Å². The number of benzene rings is 3. The molecule has 6 nitrogen and oxygen atoms in total. The zero-order valence-corrected chi connectivity index (χ0v) is 21.3. The van der Waals surface area contributed by atoms with E-state index in [1.165, 1.54) is 11.3 Å². The van der Waals surface area contributed by atoms with Gasteiger partial charge in [-0.2, -0.15) is 0 Å². The number of rotatable bonds is 9. The van der Waals surface area contributed by atoms with Gasteiger partial charge in [0.2, 0.25) is 0 Å².